The Morgan fingerprint density at radius 1 is 1.35 bits per heavy atom. The third-order valence-electron chi connectivity index (χ3n) is 4.00. The van der Waals surface area contributed by atoms with Crippen molar-refractivity contribution in [2.75, 3.05) is 0 Å². The van der Waals surface area contributed by atoms with Crippen LogP contribution in [-0.2, 0) is 0 Å². The summed E-state index contributed by atoms with van der Waals surface area (Å²) in [7, 11) is 0. The average Bonchev–Trinajstić information content (AvgIpc) is 2.68. The van der Waals surface area contributed by atoms with Gasteiger partial charge >= 0.3 is 5.97 Å². The number of carbonyl (C=O) groups is 2. The highest BCUT2D eigenvalue weighted by Gasteiger charge is 2.39. The maximum Gasteiger partial charge on any atom is 0.357 e. The molecule has 1 saturated carbocycles. The minimum Gasteiger partial charge on any atom is -0.476 e. The minimum absolute atomic E-state index is 0.139. The van der Waals surface area contributed by atoms with Crippen LogP contribution in [0.25, 0.3) is 0 Å². The van der Waals surface area contributed by atoms with Crippen molar-refractivity contribution in [2.24, 2.45) is 10.8 Å². The number of hydrogen-bond acceptors (Lipinski definition) is 3. The molecule has 0 aliphatic heterocycles. The van der Waals surface area contributed by atoms with Crippen LogP contribution in [0.5, 0.6) is 0 Å². The van der Waals surface area contributed by atoms with Crippen molar-refractivity contribution in [1.29, 1.82) is 0 Å². The van der Waals surface area contributed by atoms with Gasteiger partial charge < -0.3 is 5.11 Å². The van der Waals surface area contributed by atoms with Crippen LogP contribution >= 0.6 is 0 Å². The molecule has 1 aromatic rings. The molecule has 1 fully saturated rings. The van der Waals surface area contributed by atoms with Gasteiger partial charge in [0.25, 0.3) is 0 Å². The Morgan fingerprint density at radius 3 is 2.30 bits per heavy atom. The molecule has 1 aliphatic carbocycles. The molecule has 0 aromatic carbocycles. The molecule has 0 saturated heterocycles. The summed E-state index contributed by atoms with van der Waals surface area (Å²) in [6, 6.07) is 0.139. The van der Waals surface area contributed by atoms with Crippen LogP contribution in [0, 0.1) is 10.8 Å². The molecule has 0 unspecified atom stereocenters. The summed E-state index contributed by atoms with van der Waals surface area (Å²) >= 11 is 0. The van der Waals surface area contributed by atoms with Crippen LogP contribution in [0.4, 0.5) is 0 Å². The van der Waals surface area contributed by atoms with Gasteiger partial charge in [-0.05, 0) is 30.1 Å². The Hall–Kier alpha value is -1.65. The van der Waals surface area contributed by atoms with Gasteiger partial charge in [0.15, 0.2) is 12.0 Å². The van der Waals surface area contributed by atoms with E-state index in [4.69, 9.17) is 5.11 Å². The van der Waals surface area contributed by atoms with Crippen LogP contribution in [-0.4, -0.2) is 27.1 Å². The summed E-state index contributed by atoms with van der Waals surface area (Å²) in [6.07, 6.45) is 5.14. The monoisotopic (exact) mass is 278 g/mol. The Labute approximate surface area is 119 Å². The second kappa shape index (κ2) is 4.72. The number of aromatic carboxylic acids is 1. The molecule has 1 N–H and O–H groups in total. The number of carboxylic acid groups (broad SMARTS) is 1. The highest BCUT2D eigenvalue weighted by atomic mass is 16.4. The fraction of sp³-hybridized carbons (Fsp3) is 0.667. The lowest BCUT2D eigenvalue weighted by molar-refractivity contribution is 0.0648. The molecule has 0 spiro atoms. The number of hydrogen-bond donors (Lipinski definition) is 1. The normalized spacial score (nSPS) is 21.6. The zero-order chi connectivity index (χ0) is 15.1. The zero-order valence-electron chi connectivity index (χ0n) is 12.5. The lowest BCUT2D eigenvalue weighted by Crippen LogP contribution is -2.35. The molecule has 0 amide bonds. The summed E-state index contributed by atoms with van der Waals surface area (Å²) in [6.45, 7) is 8.90. The Morgan fingerprint density at radius 2 is 1.90 bits per heavy atom. The van der Waals surface area contributed by atoms with Crippen LogP contribution in [0.3, 0.4) is 0 Å². The van der Waals surface area contributed by atoms with Gasteiger partial charge in [0.05, 0.1) is 11.6 Å². The Bertz CT molecular complexity index is 527. The van der Waals surface area contributed by atoms with Crippen molar-refractivity contribution >= 4 is 12.3 Å². The van der Waals surface area contributed by atoms with Crippen molar-refractivity contribution in [3.05, 3.63) is 17.5 Å². The van der Waals surface area contributed by atoms with Gasteiger partial charge in [-0.3, -0.25) is 9.48 Å². The Kier molecular flexibility index (Phi) is 3.48. The Balaban J connectivity index is 2.36. The van der Waals surface area contributed by atoms with Crippen molar-refractivity contribution in [1.82, 2.24) is 9.78 Å². The first-order valence-corrected chi connectivity index (χ1v) is 6.91. The van der Waals surface area contributed by atoms with Gasteiger partial charge in [0, 0.05) is 6.20 Å². The molecular formula is C15H22N2O3. The number of carbonyl (C=O) groups excluding carboxylic acids is 1. The summed E-state index contributed by atoms with van der Waals surface area (Å²) in [5.41, 5.74) is 0.367. The molecular weight excluding hydrogens is 256 g/mol. The van der Waals surface area contributed by atoms with E-state index in [1.807, 2.05) is 0 Å². The van der Waals surface area contributed by atoms with Gasteiger partial charge in [-0.25, -0.2) is 4.79 Å². The number of aromatic nitrogens is 2. The van der Waals surface area contributed by atoms with Crippen molar-refractivity contribution in [3.8, 4) is 0 Å². The molecule has 0 radical (unpaired) electrons. The second-order valence-electron chi connectivity index (χ2n) is 7.40. The summed E-state index contributed by atoms with van der Waals surface area (Å²) in [4.78, 5) is 22.1. The maximum absolute atomic E-state index is 11.1. The summed E-state index contributed by atoms with van der Waals surface area (Å²) in [5.74, 6) is -1.15. The lowest BCUT2D eigenvalue weighted by atomic mass is 9.63. The highest BCUT2D eigenvalue weighted by Crippen LogP contribution is 2.49. The minimum atomic E-state index is -1.15. The van der Waals surface area contributed by atoms with Gasteiger partial charge in [-0.1, -0.05) is 27.7 Å². The number of nitrogens with zero attached hydrogens (tertiary/aromatic N) is 2. The average molecular weight is 278 g/mol. The molecule has 0 bridgehead atoms. The zero-order valence-corrected chi connectivity index (χ0v) is 12.5. The van der Waals surface area contributed by atoms with Gasteiger partial charge in [0.2, 0.25) is 0 Å². The quantitative estimate of drug-likeness (QED) is 0.862. The fourth-order valence-electron chi connectivity index (χ4n) is 3.82. The van der Waals surface area contributed by atoms with E-state index in [-0.39, 0.29) is 28.1 Å². The van der Waals surface area contributed by atoms with E-state index in [2.05, 4.69) is 32.8 Å². The molecule has 5 heteroatoms. The van der Waals surface area contributed by atoms with Crippen molar-refractivity contribution in [3.63, 3.8) is 0 Å². The molecule has 1 heterocycles. The predicted octanol–water partition coefficient (Wildman–Crippen LogP) is 3.17. The molecule has 1 aromatic heterocycles. The first-order valence-electron chi connectivity index (χ1n) is 6.91. The molecule has 0 atom stereocenters. The van der Waals surface area contributed by atoms with E-state index in [0.29, 0.717) is 6.29 Å². The molecule has 20 heavy (non-hydrogen) atoms. The van der Waals surface area contributed by atoms with E-state index in [9.17, 15) is 9.59 Å². The van der Waals surface area contributed by atoms with Gasteiger partial charge in [0.1, 0.15) is 0 Å². The van der Waals surface area contributed by atoms with E-state index >= 15 is 0 Å². The standard InChI is InChI=1S/C15H22N2O3/c1-14(2)5-11(6-15(3,4)9-14)17-7-10(8-18)12(16-17)13(19)20/h7-8,11H,5-6,9H2,1-4H3,(H,19,20). The highest BCUT2D eigenvalue weighted by molar-refractivity contribution is 5.95. The van der Waals surface area contributed by atoms with Crippen molar-refractivity contribution < 1.29 is 14.7 Å². The maximum atomic E-state index is 11.1. The van der Waals surface area contributed by atoms with Crippen LogP contribution in [0.2, 0.25) is 0 Å². The summed E-state index contributed by atoms with van der Waals surface area (Å²) in [5, 5.41) is 13.2. The lowest BCUT2D eigenvalue weighted by Gasteiger charge is -2.44. The predicted molar refractivity (Wildman–Crippen MR) is 75.0 cm³/mol. The summed E-state index contributed by atoms with van der Waals surface area (Å²) < 4.78 is 1.68. The molecule has 5 nitrogen and oxygen atoms in total. The molecule has 1 aliphatic rings. The third kappa shape index (κ3) is 2.92. The largest absolute Gasteiger partial charge is 0.476 e. The van der Waals surface area contributed by atoms with E-state index in [0.717, 1.165) is 19.3 Å². The number of carboxylic acids is 1. The first kappa shape index (κ1) is 14.8. The molecule has 2 rings (SSSR count). The van der Waals surface area contributed by atoms with Crippen molar-refractivity contribution in [2.45, 2.75) is 53.0 Å². The third-order valence-corrected chi connectivity index (χ3v) is 4.00. The van der Waals surface area contributed by atoms with E-state index in [1.54, 1.807) is 10.9 Å². The van der Waals surface area contributed by atoms with E-state index in [1.165, 1.54) is 0 Å². The first-order chi connectivity index (χ1) is 9.13. The topological polar surface area (TPSA) is 72.2 Å². The van der Waals surface area contributed by atoms with Crippen LogP contribution in [0.1, 0.15) is 73.8 Å². The van der Waals surface area contributed by atoms with Crippen LogP contribution in [0.15, 0.2) is 6.20 Å². The molecule has 110 valence electrons. The smallest absolute Gasteiger partial charge is 0.357 e. The van der Waals surface area contributed by atoms with Gasteiger partial charge in [-0.2, -0.15) is 5.10 Å². The SMILES string of the molecule is CC1(C)CC(n2cc(C=O)c(C(=O)O)n2)CC(C)(C)C1. The number of rotatable bonds is 3. The second-order valence-corrected chi connectivity index (χ2v) is 7.40. The fourth-order valence-corrected chi connectivity index (χ4v) is 3.82. The van der Waals surface area contributed by atoms with E-state index < -0.39 is 5.97 Å². The van der Waals surface area contributed by atoms with Gasteiger partial charge in [-0.15, -0.1) is 0 Å². The number of aldehydes is 1. The van der Waals surface area contributed by atoms with Crippen LogP contribution < -0.4 is 0 Å².